The van der Waals surface area contributed by atoms with E-state index in [-0.39, 0.29) is 0 Å². The molecule has 0 saturated carbocycles. The van der Waals surface area contributed by atoms with Crippen molar-refractivity contribution < 1.29 is 9.47 Å². The fourth-order valence-corrected chi connectivity index (χ4v) is 2.96. The van der Waals surface area contributed by atoms with Crippen LogP contribution in [0.5, 0.6) is 11.5 Å². The molecule has 1 aromatic heterocycles. The summed E-state index contributed by atoms with van der Waals surface area (Å²) in [4.78, 5) is 3.52. The van der Waals surface area contributed by atoms with Gasteiger partial charge >= 0.3 is 0 Å². The van der Waals surface area contributed by atoms with E-state index in [4.69, 9.17) is 9.47 Å². The van der Waals surface area contributed by atoms with E-state index in [1.165, 1.54) is 16.6 Å². The number of fused-ring (bicyclic) bond motifs is 4. The maximum Gasteiger partial charge on any atom is 0.163 e. The highest BCUT2D eigenvalue weighted by molar-refractivity contribution is 5.88. The van der Waals surface area contributed by atoms with Crippen molar-refractivity contribution in [2.75, 3.05) is 19.8 Å². The van der Waals surface area contributed by atoms with E-state index in [0.29, 0.717) is 19.3 Å². The van der Waals surface area contributed by atoms with Gasteiger partial charge < -0.3 is 19.8 Å². The molecule has 94 valence electrons. The average Bonchev–Trinajstić information content (AvgIpc) is 2.76. The van der Waals surface area contributed by atoms with Gasteiger partial charge in [-0.15, -0.1) is 0 Å². The van der Waals surface area contributed by atoms with Crippen LogP contribution in [0, 0.1) is 0 Å². The molecule has 0 bridgehead atoms. The summed E-state index contributed by atoms with van der Waals surface area (Å²) >= 11 is 0. The molecule has 4 nitrogen and oxygen atoms in total. The molecule has 3 heterocycles. The molecule has 1 atom stereocenters. The molecule has 1 aromatic carbocycles. The Morgan fingerprint density at radius 3 is 2.78 bits per heavy atom. The Hall–Kier alpha value is -1.68. The van der Waals surface area contributed by atoms with E-state index in [2.05, 4.69) is 29.4 Å². The van der Waals surface area contributed by atoms with Crippen molar-refractivity contribution >= 4 is 10.9 Å². The van der Waals surface area contributed by atoms with Crippen molar-refractivity contribution in [2.45, 2.75) is 19.4 Å². The third-order valence-electron chi connectivity index (χ3n) is 3.86. The molecule has 18 heavy (non-hydrogen) atoms. The van der Waals surface area contributed by atoms with Gasteiger partial charge in [0.2, 0.25) is 0 Å². The van der Waals surface area contributed by atoms with Crippen LogP contribution in [0.15, 0.2) is 12.1 Å². The Morgan fingerprint density at radius 2 is 1.94 bits per heavy atom. The molecule has 4 heteroatoms. The highest BCUT2D eigenvalue weighted by Crippen LogP contribution is 2.38. The van der Waals surface area contributed by atoms with Gasteiger partial charge in [0.05, 0.1) is 0 Å². The molecule has 2 aliphatic heterocycles. The zero-order chi connectivity index (χ0) is 12.1. The summed E-state index contributed by atoms with van der Waals surface area (Å²) in [6.07, 6.45) is 1.07. The molecule has 0 fully saturated rings. The lowest BCUT2D eigenvalue weighted by atomic mass is 10.00. The predicted molar refractivity (Wildman–Crippen MR) is 69.4 cm³/mol. The van der Waals surface area contributed by atoms with E-state index in [0.717, 1.165) is 30.0 Å². The third-order valence-corrected chi connectivity index (χ3v) is 3.86. The van der Waals surface area contributed by atoms with Gasteiger partial charge in [0, 0.05) is 28.7 Å². The first-order chi connectivity index (χ1) is 8.83. The van der Waals surface area contributed by atoms with Gasteiger partial charge in [-0.25, -0.2) is 0 Å². The Kier molecular flexibility index (Phi) is 2.08. The number of hydrogen-bond donors (Lipinski definition) is 2. The van der Waals surface area contributed by atoms with Crippen LogP contribution in [-0.2, 0) is 6.42 Å². The largest absolute Gasteiger partial charge is 0.486 e. The molecule has 2 N–H and O–H groups in total. The average molecular weight is 244 g/mol. The number of hydrogen-bond acceptors (Lipinski definition) is 3. The molecule has 0 saturated heterocycles. The van der Waals surface area contributed by atoms with Crippen LogP contribution >= 0.6 is 0 Å². The van der Waals surface area contributed by atoms with Crippen molar-refractivity contribution in [3.63, 3.8) is 0 Å². The lowest BCUT2D eigenvalue weighted by molar-refractivity contribution is 0.172. The molecule has 0 aliphatic carbocycles. The summed E-state index contributed by atoms with van der Waals surface area (Å²) in [7, 11) is 0. The van der Waals surface area contributed by atoms with Crippen LogP contribution in [-0.4, -0.2) is 24.7 Å². The molecule has 0 radical (unpaired) electrons. The molecular weight excluding hydrogens is 228 g/mol. The molecular formula is C14H16N2O2. The first-order valence-corrected chi connectivity index (χ1v) is 6.50. The maximum atomic E-state index is 5.66. The first-order valence-electron chi connectivity index (χ1n) is 6.50. The summed E-state index contributed by atoms with van der Waals surface area (Å²) in [6, 6.07) is 4.58. The van der Waals surface area contributed by atoms with Gasteiger partial charge in [0.15, 0.2) is 11.5 Å². The fourth-order valence-electron chi connectivity index (χ4n) is 2.96. The fraction of sp³-hybridized carbons (Fsp3) is 0.429. The van der Waals surface area contributed by atoms with Gasteiger partial charge in [-0.05, 0) is 31.5 Å². The maximum absolute atomic E-state index is 5.66. The van der Waals surface area contributed by atoms with Crippen molar-refractivity contribution in [1.29, 1.82) is 0 Å². The summed E-state index contributed by atoms with van der Waals surface area (Å²) in [6.45, 7) is 4.51. The van der Waals surface area contributed by atoms with Crippen LogP contribution in [0.2, 0.25) is 0 Å². The molecule has 0 spiro atoms. The second-order valence-corrected chi connectivity index (χ2v) is 4.98. The van der Waals surface area contributed by atoms with Crippen LogP contribution in [0.1, 0.15) is 24.2 Å². The number of nitrogens with one attached hydrogen (secondary N) is 2. The van der Waals surface area contributed by atoms with Crippen molar-refractivity contribution in [2.24, 2.45) is 0 Å². The molecule has 0 amide bonds. The van der Waals surface area contributed by atoms with E-state index in [1.807, 2.05) is 0 Å². The third kappa shape index (κ3) is 1.35. The first kappa shape index (κ1) is 10.3. The van der Waals surface area contributed by atoms with Crippen molar-refractivity contribution in [1.82, 2.24) is 10.3 Å². The zero-order valence-corrected chi connectivity index (χ0v) is 10.4. The summed E-state index contributed by atoms with van der Waals surface area (Å²) < 4.78 is 11.3. The summed E-state index contributed by atoms with van der Waals surface area (Å²) in [5, 5.41) is 4.76. The van der Waals surface area contributed by atoms with Crippen LogP contribution < -0.4 is 14.8 Å². The monoisotopic (exact) mass is 244 g/mol. The van der Waals surface area contributed by atoms with Crippen LogP contribution in [0.25, 0.3) is 10.9 Å². The minimum absolute atomic E-state index is 0.389. The number of ether oxygens (including phenoxy) is 2. The van der Waals surface area contributed by atoms with Crippen LogP contribution in [0.3, 0.4) is 0 Å². The minimum Gasteiger partial charge on any atom is -0.486 e. The van der Waals surface area contributed by atoms with E-state index in [1.54, 1.807) is 0 Å². The smallest absolute Gasteiger partial charge is 0.163 e. The minimum atomic E-state index is 0.389. The van der Waals surface area contributed by atoms with Crippen molar-refractivity contribution in [3.8, 4) is 11.5 Å². The summed E-state index contributed by atoms with van der Waals surface area (Å²) in [5.74, 6) is 1.73. The molecule has 2 aromatic rings. The van der Waals surface area contributed by atoms with Gasteiger partial charge in [-0.3, -0.25) is 0 Å². The second-order valence-electron chi connectivity index (χ2n) is 4.98. The Bertz CT molecular complexity index is 618. The highest BCUT2D eigenvalue weighted by Gasteiger charge is 2.22. The number of aromatic nitrogens is 1. The SMILES string of the molecule is CC1NCCc2c1[nH]c1cc3c(cc21)OCCO3. The topological polar surface area (TPSA) is 46.3 Å². The Morgan fingerprint density at radius 1 is 1.17 bits per heavy atom. The number of aromatic amines is 1. The van der Waals surface area contributed by atoms with Crippen LogP contribution in [0.4, 0.5) is 0 Å². The number of H-pyrrole nitrogens is 1. The number of benzene rings is 1. The lowest BCUT2D eigenvalue weighted by Crippen LogP contribution is -2.27. The quantitative estimate of drug-likeness (QED) is 0.746. The van der Waals surface area contributed by atoms with Gasteiger partial charge in [0.25, 0.3) is 0 Å². The lowest BCUT2D eigenvalue weighted by Gasteiger charge is -2.20. The predicted octanol–water partition coefficient (Wildman–Crippen LogP) is 2.15. The highest BCUT2D eigenvalue weighted by atomic mass is 16.6. The van der Waals surface area contributed by atoms with E-state index < -0.39 is 0 Å². The van der Waals surface area contributed by atoms with Gasteiger partial charge in [-0.2, -0.15) is 0 Å². The Balaban J connectivity index is 1.96. The van der Waals surface area contributed by atoms with Gasteiger partial charge in [0.1, 0.15) is 13.2 Å². The zero-order valence-electron chi connectivity index (χ0n) is 10.4. The number of rotatable bonds is 0. The molecule has 1 unspecified atom stereocenters. The van der Waals surface area contributed by atoms with E-state index in [9.17, 15) is 0 Å². The molecule has 2 aliphatic rings. The Labute approximate surface area is 105 Å². The normalized spacial score (nSPS) is 21.9. The van der Waals surface area contributed by atoms with Gasteiger partial charge in [-0.1, -0.05) is 0 Å². The molecule has 4 rings (SSSR count). The summed E-state index contributed by atoms with van der Waals surface area (Å²) in [5.41, 5.74) is 3.88. The second kappa shape index (κ2) is 3.65. The van der Waals surface area contributed by atoms with Crippen molar-refractivity contribution in [3.05, 3.63) is 23.4 Å². The van der Waals surface area contributed by atoms with E-state index >= 15 is 0 Å². The standard InChI is InChI=1S/C14H16N2O2/c1-8-14-9(2-3-15-8)10-6-12-13(7-11(10)16-14)18-5-4-17-12/h6-8,15-16H,2-5H2,1H3.